The summed E-state index contributed by atoms with van der Waals surface area (Å²) in [6, 6.07) is 0. The van der Waals surface area contributed by atoms with Crippen LogP contribution in [0.3, 0.4) is 0 Å². The first kappa shape index (κ1) is 4.18. The zero-order chi connectivity index (χ0) is 5.11. The van der Waals surface area contributed by atoms with Gasteiger partial charge < -0.3 is 0 Å². The number of aliphatic imine (C=N–C) groups is 2. The molecule has 0 saturated heterocycles. The summed E-state index contributed by atoms with van der Waals surface area (Å²) in [5.74, 6) is 0. The Labute approximate surface area is 41.3 Å². The molecule has 0 unspecified atom stereocenters. The Morgan fingerprint density at radius 2 is 2.00 bits per heavy atom. The van der Waals surface area contributed by atoms with Gasteiger partial charge in [-0.15, -0.1) is 0 Å². The highest BCUT2D eigenvalue weighted by Crippen LogP contribution is 1.77. The largest absolute Gasteiger partial charge is 0.298 e. The van der Waals surface area contributed by atoms with Crippen molar-refractivity contribution in [3.05, 3.63) is 0 Å². The van der Waals surface area contributed by atoms with Crippen LogP contribution in [0.5, 0.6) is 0 Å². The molecule has 0 aromatic carbocycles. The first-order valence-electron chi connectivity index (χ1n) is 1.98. The first-order valence-corrected chi connectivity index (χ1v) is 1.98. The van der Waals surface area contributed by atoms with Crippen LogP contribution in [0.25, 0.3) is 0 Å². The smallest absolute Gasteiger partial charge is 0.129 e. The maximum atomic E-state index is 6.89. The van der Waals surface area contributed by atoms with Gasteiger partial charge in [0.05, 0.1) is 18.1 Å². The monoisotopic (exact) mass is 95.0 g/mol. The average molecular weight is 95.1 g/mol. The molecule has 0 aromatic heterocycles. The third-order valence-electron chi connectivity index (χ3n) is 0.624. The van der Waals surface area contributed by atoms with Crippen molar-refractivity contribution >= 4 is 18.1 Å². The van der Waals surface area contributed by atoms with Crippen molar-refractivity contribution < 1.29 is 0 Å². The fourth-order valence-electron chi connectivity index (χ4n) is 0.359. The van der Waals surface area contributed by atoms with Gasteiger partial charge in [0.15, 0.2) is 0 Å². The van der Waals surface area contributed by atoms with Crippen LogP contribution in [0.1, 0.15) is 0 Å². The Balaban J connectivity index is 2.66. The van der Waals surface area contributed by atoms with E-state index in [2.05, 4.69) is 9.98 Å². The van der Waals surface area contributed by atoms with E-state index in [0.717, 1.165) is 0 Å². The van der Waals surface area contributed by atoms with Crippen molar-refractivity contribution in [1.29, 1.82) is 5.41 Å². The maximum absolute atomic E-state index is 6.89. The summed E-state index contributed by atoms with van der Waals surface area (Å²) in [4.78, 5) is 7.42. The number of hydrogen-bond donors (Lipinski definition) is 1. The molecule has 3 nitrogen and oxygen atoms in total. The van der Waals surface area contributed by atoms with E-state index < -0.39 is 0 Å². The summed E-state index contributed by atoms with van der Waals surface area (Å²) >= 11 is 0. The highest BCUT2D eigenvalue weighted by molar-refractivity contribution is 6.54. The van der Waals surface area contributed by atoms with E-state index in [1.165, 1.54) is 12.4 Å². The van der Waals surface area contributed by atoms with Gasteiger partial charge in [-0.2, -0.15) is 0 Å². The second kappa shape index (κ2) is 1.64. The van der Waals surface area contributed by atoms with Crippen molar-refractivity contribution in [2.24, 2.45) is 9.98 Å². The van der Waals surface area contributed by atoms with Gasteiger partial charge in [0.2, 0.25) is 0 Å². The van der Waals surface area contributed by atoms with E-state index in [0.29, 0.717) is 12.4 Å². The summed E-state index contributed by atoms with van der Waals surface area (Å²) in [6.07, 6.45) is 2.99. The molecule has 0 amide bonds. The number of hydrogen-bond acceptors (Lipinski definition) is 3. The summed E-state index contributed by atoms with van der Waals surface area (Å²) in [7, 11) is 0. The average Bonchev–Trinajstić information content (AvgIpc) is 1.69. The van der Waals surface area contributed by atoms with Crippen LogP contribution in [-0.2, 0) is 0 Å². The van der Waals surface area contributed by atoms with Crippen molar-refractivity contribution in [3.8, 4) is 0 Å². The van der Waals surface area contributed by atoms with Gasteiger partial charge in [-0.25, -0.2) is 0 Å². The van der Waals surface area contributed by atoms with E-state index >= 15 is 0 Å². The normalized spacial score (nSPS) is 18.0. The van der Waals surface area contributed by atoms with Crippen LogP contribution >= 0.6 is 0 Å². The number of rotatable bonds is 0. The van der Waals surface area contributed by atoms with Gasteiger partial charge in [-0.05, 0) is 0 Å². The molecule has 0 radical (unpaired) electrons. The van der Waals surface area contributed by atoms with Crippen LogP contribution in [0.4, 0.5) is 0 Å². The van der Waals surface area contributed by atoms with Gasteiger partial charge in [-0.3, -0.25) is 15.4 Å². The molecule has 1 aliphatic rings. The van der Waals surface area contributed by atoms with Crippen LogP contribution in [-0.4, -0.2) is 24.8 Å². The molecular weight excluding hydrogens is 90.1 g/mol. The Morgan fingerprint density at radius 1 is 1.43 bits per heavy atom. The van der Waals surface area contributed by atoms with E-state index in [1.807, 2.05) is 0 Å². The lowest BCUT2D eigenvalue weighted by Crippen LogP contribution is -2.03. The molecule has 0 aromatic rings. The molecule has 36 valence electrons. The van der Waals surface area contributed by atoms with Gasteiger partial charge in [0.25, 0.3) is 0 Å². The molecule has 1 heterocycles. The summed E-state index contributed by atoms with van der Waals surface area (Å²) < 4.78 is 0. The summed E-state index contributed by atoms with van der Waals surface area (Å²) in [6.45, 7) is 0.488. The highest BCUT2D eigenvalue weighted by atomic mass is 14.9. The van der Waals surface area contributed by atoms with Gasteiger partial charge in [0, 0.05) is 0 Å². The molecule has 7 heavy (non-hydrogen) atoms. The third kappa shape index (κ3) is 0.924. The fraction of sp³-hybridized carbons (Fsp3) is 0.250. The minimum atomic E-state index is 0.381. The molecule has 1 rings (SSSR count). The lowest BCUT2D eigenvalue weighted by Gasteiger charge is -1.90. The second-order valence-electron chi connectivity index (χ2n) is 1.22. The summed E-state index contributed by atoms with van der Waals surface area (Å²) in [5.41, 5.74) is 0.381. The fourth-order valence-corrected chi connectivity index (χ4v) is 0.359. The third-order valence-corrected chi connectivity index (χ3v) is 0.624. The minimum Gasteiger partial charge on any atom is -0.298 e. The van der Waals surface area contributed by atoms with Gasteiger partial charge >= 0.3 is 0 Å². The molecule has 1 N–H and O–H groups in total. The van der Waals surface area contributed by atoms with E-state index in [4.69, 9.17) is 5.41 Å². The standard InChI is InChI=1S/C4H5N3/c5-4-1-6-3-7-2-4/h1-2,5H,3H2. The van der Waals surface area contributed by atoms with Crippen molar-refractivity contribution in [2.45, 2.75) is 0 Å². The maximum Gasteiger partial charge on any atom is 0.129 e. The van der Waals surface area contributed by atoms with Crippen LogP contribution in [0.15, 0.2) is 9.98 Å². The zero-order valence-corrected chi connectivity index (χ0v) is 3.76. The van der Waals surface area contributed by atoms with E-state index in [9.17, 15) is 0 Å². The minimum absolute atomic E-state index is 0.381. The Morgan fingerprint density at radius 3 is 2.29 bits per heavy atom. The van der Waals surface area contributed by atoms with E-state index in [-0.39, 0.29) is 0 Å². The molecule has 0 spiro atoms. The zero-order valence-electron chi connectivity index (χ0n) is 3.76. The predicted octanol–water partition coefficient (Wildman–Crippen LogP) is 0.119. The van der Waals surface area contributed by atoms with Gasteiger partial charge in [-0.1, -0.05) is 0 Å². The quantitative estimate of drug-likeness (QED) is 0.444. The molecule has 1 aliphatic heterocycles. The lowest BCUT2D eigenvalue weighted by molar-refractivity contribution is 1.08. The van der Waals surface area contributed by atoms with Crippen molar-refractivity contribution in [1.82, 2.24) is 0 Å². The molecule has 0 fully saturated rings. The molecule has 0 atom stereocenters. The molecule has 0 saturated carbocycles. The Bertz CT molecular complexity index is 120. The SMILES string of the molecule is N=C1C=NCN=C1. The van der Waals surface area contributed by atoms with Gasteiger partial charge in [0.1, 0.15) is 6.67 Å². The van der Waals surface area contributed by atoms with Crippen molar-refractivity contribution in [3.63, 3.8) is 0 Å². The molecule has 0 bridgehead atoms. The molecular formula is C4H5N3. The molecule has 0 aliphatic carbocycles. The second-order valence-corrected chi connectivity index (χ2v) is 1.22. The van der Waals surface area contributed by atoms with Crippen LogP contribution in [0.2, 0.25) is 0 Å². The predicted molar refractivity (Wildman–Crippen MR) is 29.6 cm³/mol. The highest BCUT2D eigenvalue weighted by Gasteiger charge is 1.86. The van der Waals surface area contributed by atoms with Crippen molar-refractivity contribution in [2.75, 3.05) is 6.67 Å². The Kier molecular flexibility index (Phi) is 0.978. The summed E-state index contributed by atoms with van der Waals surface area (Å²) in [5, 5.41) is 6.89. The van der Waals surface area contributed by atoms with E-state index in [1.54, 1.807) is 0 Å². The first-order chi connectivity index (χ1) is 3.39. The Hall–Kier alpha value is -0.990. The molecule has 3 heteroatoms. The lowest BCUT2D eigenvalue weighted by atomic mass is 10.4. The van der Waals surface area contributed by atoms with Crippen LogP contribution in [0, 0.1) is 5.41 Å². The van der Waals surface area contributed by atoms with Crippen LogP contribution < -0.4 is 0 Å². The number of nitrogens with zero attached hydrogens (tertiary/aromatic N) is 2. The number of nitrogens with one attached hydrogen (secondary N) is 1. The topological polar surface area (TPSA) is 48.6 Å².